The van der Waals surface area contributed by atoms with E-state index in [0.29, 0.717) is 27.3 Å². The maximum absolute atomic E-state index is 13.2. The summed E-state index contributed by atoms with van der Waals surface area (Å²) in [6.07, 6.45) is 1.55. The number of benzene rings is 2. The molecule has 0 amide bonds. The Kier molecular flexibility index (Phi) is 7.29. The summed E-state index contributed by atoms with van der Waals surface area (Å²) < 4.78 is 5.47. The van der Waals surface area contributed by atoms with Gasteiger partial charge in [-0.1, -0.05) is 61.8 Å². The molecule has 0 saturated heterocycles. The molecule has 0 aliphatic heterocycles. The summed E-state index contributed by atoms with van der Waals surface area (Å²) in [6.45, 7) is 8.47. The summed E-state index contributed by atoms with van der Waals surface area (Å²) in [5.41, 5.74) is 5.69. The lowest BCUT2D eigenvalue weighted by Crippen LogP contribution is -2.08. The second-order valence-corrected chi connectivity index (χ2v) is 11.4. The van der Waals surface area contributed by atoms with Crippen LogP contribution in [-0.2, 0) is 4.74 Å². The summed E-state index contributed by atoms with van der Waals surface area (Å²) in [7, 11) is 0. The van der Waals surface area contributed by atoms with Crippen LogP contribution in [0.2, 0.25) is 5.02 Å². The lowest BCUT2D eigenvalue weighted by molar-refractivity contribution is 0.0529. The van der Waals surface area contributed by atoms with Gasteiger partial charge in [0.2, 0.25) is 0 Å². The van der Waals surface area contributed by atoms with Crippen LogP contribution in [0.5, 0.6) is 0 Å². The molecule has 1 N–H and O–H groups in total. The van der Waals surface area contributed by atoms with E-state index in [-0.39, 0.29) is 12.6 Å². The van der Waals surface area contributed by atoms with Gasteiger partial charge in [-0.25, -0.2) is 14.8 Å². The highest BCUT2D eigenvalue weighted by molar-refractivity contribution is 7.18. The van der Waals surface area contributed by atoms with Crippen LogP contribution in [0, 0.1) is 6.92 Å². The maximum atomic E-state index is 13.2. The van der Waals surface area contributed by atoms with Crippen LogP contribution >= 0.6 is 34.3 Å². The first-order valence-electron chi connectivity index (χ1n) is 12.0. The fraction of sp³-hybridized carbons (Fsp3) is 0.207. The zero-order valence-corrected chi connectivity index (χ0v) is 23.4. The van der Waals surface area contributed by atoms with Crippen molar-refractivity contribution < 1.29 is 9.53 Å². The Morgan fingerprint density at radius 1 is 1.05 bits per heavy atom. The van der Waals surface area contributed by atoms with E-state index in [1.54, 1.807) is 17.7 Å². The number of nitrogens with one attached hydrogen (secondary N) is 1. The molecule has 0 aliphatic carbocycles. The van der Waals surface area contributed by atoms with Crippen LogP contribution in [0.1, 0.15) is 47.5 Å². The Bertz CT molecular complexity index is 1570. The topological polar surface area (TPSA) is 64.1 Å². The number of rotatable bonds is 7. The summed E-state index contributed by atoms with van der Waals surface area (Å²) in [5.74, 6) is 0.745. The van der Waals surface area contributed by atoms with Crippen LogP contribution in [0.25, 0.3) is 32.5 Å². The quantitative estimate of drug-likeness (QED) is 0.206. The number of nitrogens with zero attached hydrogens (tertiary/aromatic N) is 2. The molecule has 3 aromatic heterocycles. The highest BCUT2D eigenvalue weighted by atomic mass is 35.5. The fourth-order valence-corrected chi connectivity index (χ4v) is 6.44. The first-order valence-corrected chi connectivity index (χ1v) is 14.1. The molecular formula is C29H26ClN3O2S2. The Hall–Kier alpha value is -3.26. The van der Waals surface area contributed by atoms with Gasteiger partial charge in [-0.15, -0.1) is 22.7 Å². The highest BCUT2D eigenvalue weighted by Gasteiger charge is 2.26. The van der Waals surface area contributed by atoms with E-state index in [9.17, 15) is 4.79 Å². The number of ether oxygens (including phenoxy) is 1. The predicted molar refractivity (Wildman–Crippen MR) is 156 cm³/mol. The van der Waals surface area contributed by atoms with Gasteiger partial charge >= 0.3 is 5.97 Å². The minimum absolute atomic E-state index is 0.284. The van der Waals surface area contributed by atoms with E-state index in [2.05, 4.69) is 58.8 Å². The number of hydrogen-bond acceptors (Lipinski definition) is 7. The van der Waals surface area contributed by atoms with Crippen LogP contribution in [0.15, 0.2) is 60.2 Å². The van der Waals surface area contributed by atoms with Crippen molar-refractivity contribution in [2.45, 2.75) is 33.6 Å². The van der Waals surface area contributed by atoms with E-state index in [1.807, 2.05) is 38.1 Å². The van der Waals surface area contributed by atoms with E-state index < -0.39 is 0 Å². The van der Waals surface area contributed by atoms with Crippen LogP contribution in [-0.4, -0.2) is 22.5 Å². The minimum atomic E-state index is -0.376. The van der Waals surface area contributed by atoms with E-state index in [4.69, 9.17) is 16.3 Å². The molecule has 188 valence electrons. The van der Waals surface area contributed by atoms with Crippen molar-refractivity contribution in [3.63, 3.8) is 0 Å². The average Bonchev–Trinajstić information content (AvgIpc) is 3.46. The molecule has 3 heterocycles. The molecule has 2 aromatic carbocycles. The van der Waals surface area contributed by atoms with Gasteiger partial charge in [0.1, 0.15) is 27.5 Å². The molecule has 0 aliphatic rings. The Balaban J connectivity index is 1.62. The van der Waals surface area contributed by atoms with Crippen molar-refractivity contribution in [1.82, 2.24) is 9.97 Å². The van der Waals surface area contributed by atoms with Crippen LogP contribution < -0.4 is 5.32 Å². The van der Waals surface area contributed by atoms with Crippen LogP contribution in [0.4, 0.5) is 10.8 Å². The normalized spacial score (nSPS) is 11.3. The third kappa shape index (κ3) is 4.99. The summed E-state index contributed by atoms with van der Waals surface area (Å²) in [5, 5.41) is 7.84. The molecule has 0 unspecified atom stereocenters. The highest BCUT2D eigenvalue weighted by Crippen LogP contribution is 2.44. The summed E-state index contributed by atoms with van der Waals surface area (Å²) in [6, 6.07) is 16.1. The molecule has 8 heteroatoms. The van der Waals surface area contributed by atoms with E-state index in [1.165, 1.54) is 16.9 Å². The number of thiophene rings is 2. The molecule has 5 rings (SSSR count). The smallest absolute Gasteiger partial charge is 0.341 e. The van der Waals surface area contributed by atoms with Gasteiger partial charge in [-0.05, 0) is 48.6 Å². The Morgan fingerprint density at radius 2 is 1.76 bits per heavy atom. The van der Waals surface area contributed by atoms with Gasteiger partial charge < -0.3 is 10.1 Å². The van der Waals surface area contributed by atoms with Crippen molar-refractivity contribution in [2.75, 3.05) is 11.9 Å². The van der Waals surface area contributed by atoms with Gasteiger partial charge in [-0.3, -0.25) is 0 Å². The van der Waals surface area contributed by atoms with Gasteiger partial charge in [-0.2, -0.15) is 0 Å². The second-order valence-electron chi connectivity index (χ2n) is 8.92. The molecule has 0 atom stereocenters. The van der Waals surface area contributed by atoms with Gasteiger partial charge in [0, 0.05) is 26.4 Å². The maximum Gasteiger partial charge on any atom is 0.341 e. The summed E-state index contributed by atoms with van der Waals surface area (Å²) in [4.78, 5) is 24.2. The number of aryl methyl sites for hydroxylation is 1. The van der Waals surface area contributed by atoms with Crippen molar-refractivity contribution in [1.29, 1.82) is 0 Å². The van der Waals surface area contributed by atoms with Gasteiger partial charge in [0.15, 0.2) is 0 Å². The number of carbonyl (C=O) groups is 1. The Labute approximate surface area is 229 Å². The zero-order chi connectivity index (χ0) is 26.1. The Morgan fingerprint density at radius 3 is 2.43 bits per heavy atom. The zero-order valence-electron chi connectivity index (χ0n) is 21.0. The number of carbonyl (C=O) groups excluding carboxylic acids is 1. The SMILES string of the molecule is CCOC(=O)c1c(Nc2ncnc3scc(-c4ccc(C(C)C)cc4)c23)sc(C)c1-c1ccc(Cl)cc1. The number of anilines is 2. The standard InChI is InChI=1S/C29H26ClN3O2S2/c1-5-35-29(34)25-23(20-10-12-21(30)13-11-20)17(4)37-28(25)33-26-24-22(14-36-27(24)32-15-31-26)19-8-6-18(7-9-19)16(2)3/h6-16H,5H2,1-4H3,(H,31,32,33). The molecular weight excluding hydrogens is 522 g/mol. The number of hydrogen-bond donors (Lipinski definition) is 1. The first kappa shape index (κ1) is 25.4. The first-order chi connectivity index (χ1) is 17.9. The molecule has 5 aromatic rings. The molecule has 0 saturated carbocycles. The van der Waals surface area contributed by atoms with E-state index in [0.717, 1.165) is 37.3 Å². The number of aromatic nitrogens is 2. The number of halogens is 1. The molecule has 0 fully saturated rings. The fourth-order valence-electron chi connectivity index (χ4n) is 4.33. The van der Waals surface area contributed by atoms with Crippen LogP contribution in [0.3, 0.4) is 0 Å². The predicted octanol–water partition coefficient (Wildman–Crippen LogP) is 9.09. The molecule has 5 nitrogen and oxygen atoms in total. The number of esters is 1. The van der Waals surface area contributed by atoms with Crippen molar-refractivity contribution in [3.05, 3.63) is 81.3 Å². The number of fused-ring (bicyclic) bond motifs is 1. The third-order valence-corrected chi connectivity index (χ3v) is 8.35. The third-order valence-electron chi connectivity index (χ3n) is 6.19. The van der Waals surface area contributed by atoms with Crippen molar-refractivity contribution >= 4 is 61.3 Å². The molecule has 0 spiro atoms. The van der Waals surface area contributed by atoms with Gasteiger partial charge in [0.05, 0.1) is 12.0 Å². The monoisotopic (exact) mass is 547 g/mol. The molecule has 37 heavy (non-hydrogen) atoms. The molecule has 0 bridgehead atoms. The molecule has 0 radical (unpaired) electrons. The largest absolute Gasteiger partial charge is 0.462 e. The van der Waals surface area contributed by atoms with E-state index >= 15 is 0 Å². The second kappa shape index (κ2) is 10.6. The minimum Gasteiger partial charge on any atom is -0.462 e. The average molecular weight is 548 g/mol. The lowest BCUT2D eigenvalue weighted by Gasteiger charge is -2.11. The van der Waals surface area contributed by atoms with Gasteiger partial charge in [0.25, 0.3) is 0 Å². The van der Waals surface area contributed by atoms with Crippen molar-refractivity contribution in [2.24, 2.45) is 0 Å². The van der Waals surface area contributed by atoms with Crippen molar-refractivity contribution in [3.8, 4) is 22.3 Å². The summed E-state index contributed by atoms with van der Waals surface area (Å²) >= 11 is 9.21. The lowest BCUT2D eigenvalue weighted by atomic mass is 9.99.